The first kappa shape index (κ1) is 15.8. The minimum absolute atomic E-state index is 0.123. The van der Waals surface area contributed by atoms with E-state index >= 15 is 0 Å². The number of furan rings is 1. The lowest BCUT2D eigenvalue weighted by atomic mass is 10.2. The first-order chi connectivity index (χ1) is 11.7. The van der Waals surface area contributed by atoms with Crippen LogP contribution in [0.3, 0.4) is 0 Å². The highest BCUT2D eigenvalue weighted by Crippen LogP contribution is 2.25. The molecule has 3 rings (SSSR count). The van der Waals surface area contributed by atoms with Crippen LogP contribution < -0.4 is 10.6 Å². The van der Waals surface area contributed by atoms with Crippen molar-refractivity contribution in [3.8, 4) is 17.1 Å². The molecule has 1 aromatic carbocycles. The van der Waals surface area contributed by atoms with Gasteiger partial charge in [0.25, 0.3) is 0 Å². The summed E-state index contributed by atoms with van der Waals surface area (Å²) in [4.78, 5) is 11.9. The van der Waals surface area contributed by atoms with Gasteiger partial charge in [0.2, 0.25) is 0 Å². The molecule has 7 nitrogen and oxygen atoms in total. The molecule has 24 heavy (non-hydrogen) atoms. The van der Waals surface area contributed by atoms with E-state index in [9.17, 15) is 4.79 Å². The van der Waals surface area contributed by atoms with Gasteiger partial charge >= 0.3 is 6.03 Å². The lowest BCUT2D eigenvalue weighted by Crippen LogP contribution is -2.31. The summed E-state index contributed by atoms with van der Waals surface area (Å²) in [5, 5.41) is 18.6. The number of urea groups is 1. The van der Waals surface area contributed by atoms with E-state index in [2.05, 4.69) is 15.7 Å². The molecule has 2 amide bonds. The molecule has 0 unspecified atom stereocenters. The van der Waals surface area contributed by atoms with Crippen molar-refractivity contribution in [3.05, 3.63) is 54.3 Å². The molecule has 0 atom stereocenters. The second kappa shape index (κ2) is 7.01. The third-order valence-electron chi connectivity index (χ3n) is 3.40. The zero-order valence-corrected chi connectivity index (χ0v) is 13.2. The summed E-state index contributed by atoms with van der Waals surface area (Å²) >= 11 is 0. The average molecular weight is 326 g/mol. The quantitative estimate of drug-likeness (QED) is 0.672. The van der Waals surface area contributed by atoms with Gasteiger partial charge in [-0.05, 0) is 31.2 Å². The molecule has 0 aliphatic rings. The van der Waals surface area contributed by atoms with Crippen molar-refractivity contribution in [1.82, 2.24) is 15.1 Å². The van der Waals surface area contributed by atoms with Crippen LogP contribution in [-0.2, 0) is 0 Å². The number of aliphatic hydroxyl groups excluding tert-OH is 1. The van der Waals surface area contributed by atoms with Crippen LogP contribution in [0.2, 0.25) is 0 Å². The zero-order chi connectivity index (χ0) is 16.9. The number of aromatic nitrogens is 2. The summed E-state index contributed by atoms with van der Waals surface area (Å²) in [5.41, 5.74) is 2.56. The van der Waals surface area contributed by atoms with Crippen LogP contribution in [0.25, 0.3) is 17.1 Å². The summed E-state index contributed by atoms with van der Waals surface area (Å²) in [6.07, 6.45) is 1.57. The van der Waals surface area contributed by atoms with E-state index in [1.807, 2.05) is 31.2 Å². The number of carbonyl (C=O) groups excluding carboxylic acids is 1. The number of amides is 2. The van der Waals surface area contributed by atoms with E-state index in [0.29, 0.717) is 17.3 Å². The molecule has 0 saturated carbocycles. The van der Waals surface area contributed by atoms with Crippen LogP contribution in [-0.4, -0.2) is 34.1 Å². The Balaban J connectivity index is 1.95. The maximum Gasteiger partial charge on any atom is 0.320 e. The molecular formula is C17H18N4O3. The van der Waals surface area contributed by atoms with E-state index in [1.165, 1.54) is 0 Å². The third-order valence-corrected chi connectivity index (χ3v) is 3.40. The van der Waals surface area contributed by atoms with Crippen LogP contribution in [0.5, 0.6) is 0 Å². The number of aryl methyl sites for hydroxylation is 1. The molecular weight excluding hydrogens is 308 g/mol. The second-order valence-electron chi connectivity index (χ2n) is 5.24. The van der Waals surface area contributed by atoms with Crippen LogP contribution in [0.1, 0.15) is 5.56 Å². The molecule has 2 aromatic heterocycles. The van der Waals surface area contributed by atoms with Crippen LogP contribution >= 0.6 is 0 Å². The van der Waals surface area contributed by atoms with Crippen molar-refractivity contribution in [1.29, 1.82) is 0 Å². The lowest BCUT2D eigenvalue weighted by Gasteiger charge is -2.09. The number of rotatable bonds is 5. The fraction of sp³-hybridized carbons (Fsp3) is 0.176. The Hall–Kier alpha value is -3.06. The summed E-state index contributed by atoms with van der Waals surface area (Å²) in [6.45, 7) is 2.06. The van der Waals surface area contributed by atoms with Gasteiger partial charge in [0, 0.05) is 12.6 Å². The first-order valence-corrected chi connectivity index (χ1v) is 7.54. The van der Waals surface area contributed by atoms with Gasteiger partial charge in [-0.15, -0.1) is 0 Å². The van der Waals surface area contributed by atoms with Gasteiger partial charge in [0.05, 0.1) is 18.6 Å². The molecule has 2 heterocycles. The van der Waals surface area contributed by atoms with Crippen LogP contribution in [0, 0.1) is 6.92 Å². The van der Waals surface area contributed by atoms with Gasteiger partial charge in [-0.1, -0.05) is 17.7 Å². The monoisotopic (exact) mass is 326 g/mol. The Morgan fingerprint density at radius 1 is 1.29 bits per heavy atom. The predicted octanol–water partition coefficient (Wildman–Crippen LogP) is 2.55. The van der Waals surface area contributed by atoms with Crippen molar-refractivity contribution >= 4 is 11.8 Å². The fourth-order valence-electron chi connectivity index (χ4n) is 2.23. The minimum Gasteiger partial charge on any atom is -0.463 e. The van der Waals surface area contributed by atoms with Crippen LogP contribution in [0.4, 0.5) is 10.6 Å². The Morgan fingerprint density at radius 2 is 2.08 bits per heavy atom. The summed E-state index contributed by atoms with van der Waals surface area (Å²) < 4.78 is 7.01. The number of hydrogen-bond acceptors (Lipinski definition) is 4. The molecule has 0 fully saturated rings. The maximum atomic E-state index is 11.9. The van der Waals surface area contributed by atoms with Gasteiger partial charge in [0.15, 0.2) is 5.76 Å². The molecule has 0 saturated heterocycles. The number of hydrogen-bond donors (Lipinski definition) is 3. The highest BCUT2D eigenvalue weighted by molar-refractivity contribution is 5.89. The predicted molar refractivity (Wildman–Crippen MR) is 90.1 cm³/mol. The molecule has 3 aromatic rings. The van der Waals surface area contributed by atoms with Crippen molar-refractivity contribution in [2.24, 2.45) is 0 Å². The smallest absolute Gasteiger partial charge is 0.320 e. The van der Waals surface area contributed by atoms with E-state index in [1.54, 1.807) is 29.1 Å². The molecule has 7 heteroatoms. The third kappa shape index (κ3) is 3.47. The largest absolute Gasteiger partial charge is 0.463 e. The molecule has 3 N–H and O–H groups in total. The van der Waals surface area contributed by atoms with Crippen LogP contribution in [0.15, 0.2) is 53.1 Å². The first-order valence-electron chi connectivity index (χ1n) is 7.54. The SMILES string of the molecule is Cc1ccc(-n2nc(-c3ccco3)cc2NC(=O)NCCO)cc1. The van der Waals surface area contributed by atoms with E-state index in [-0.39, 0.29) is 13.2 Å². The van der Waals surface area contributed by atoms with E-state index < -0.39 is 6.03 Å². The Bertz CT molecular complexity index is 807. The van der Waals surface area contributed by atoms with Crippen molar-refractivity contribution in [2.75, 3.05) is 18.5 Å². The topological polar surface area (TPSA) is 92.3 Å². The van der Waals surface area contributed by atoms with E-state index in [4.69, 9.17) is 9.52 Å². The standard InChI is InChI=1S/C17H18N4O3/c1-12-4-6-13(7-5-12)21-16(19-17(23)18-8-9-22)11-14(20-21)15-3-2-10-24-15/h2-7,10-11,22H,8-9H2,1H3,(H2,18,19,23). The minimum atomic E-state index is -0.414. The molecule has 0 bridgehead atoms. The van der Waals surface area contributed by atoms with Crippen molar-refractivity contribution in [3.63, 3.8) is 0 Å². The molecule has 0 aliphatic heterocycles. The van der Waals surface area contributed by atoms with Crippen molar-refractivity contribution in [2.45, 2.75) is 6.92 Å². The highest BCUT2D eigenvalue weighted by Gasteiger charge is 2.14. The van der Waals surface area contributed by atoms with Crippen molar-refractivity contribution < 1.29 is 14.3 Å². The van der Waals surface area contributed by atoms with Gasteiger partial charge in [-0.3, -0.25) is 5.32 Å². The lowest BCUT2D eigenvalue weighted by molar-refractivity contribution is 0.244. The Labute approximate surface area is 138 Å². The normalized spacial score (nSPS) is 10.6. The number of nitrogens with zero attached hydrogens (tertiary/aromatic N) is 2. The number of nitrogens with one attached hydrogen (secondary N) is 2. The number of aliphatic hydroxyl groups is 1. The molecule has 0 aliphatic carbocycles. The zero-order valence-electron chi connectivity index (χ0n) is 13.2. The number of carbonyl (C=O) groups is 1. The maximum absolute atomic E-state index is 11.9. The Morgan fingerprint density at radius 3 is 2.75 bits per heavy atom. The molecule has 0 spiro atoms. The van der Waals surface area contributed by atoms with Gasteiger partial charge in [-0.25, -0.2) is 9.48 Å². The highest BCUT2D eigenvalue weighted by atomic mass is 16.3. The summed E-state index contributed by atoms with van der Waals surface area (Å²) in [5.74, 6) is 1.11. The molecule has 124 valence electrons. The average Bonchev–Trinajstić information content (AvgIpc) is 3.23. The van der Waals surface area contributed by atoms with Gasteiger partial charge < -0.3 is 14.8 Å². The summed E-state index contributed by atoms with van der Waals surface area (Å²) in [6, 6.07) is 12.7. The van der Waals surface area contributed by atoms with Gasteiger partial charge in [0.1, 0.15) is 11.5 Å². The van der Waals surface area contributed by atoms with E-state index in [0.717, 1.165) is 11.3 Å². The number of anilines is 1. The molecule has 0 radical (unpaired) electrons. The van der Waals surface area contributed by atoms with Gasteiger partial charge in [-0.2, -0.15) is 5.10 Å². The fourth-order valence-corrected chi connectivity index (χ4v) is 2.23. The Kier molecular flexibility index (Phi) is 4.62. The second-order valence-corrected chi connectivity index (χ2v) is 5.24. The number of benzene rings is 1. The summed E-state index contributed by atoms with van der Waals surface area (Å²) in [7, 11) is 0.